The Morgan fingerprint density at radius 2 is 1.58 bits per heavy atom. The number of nitrogens with zero attached hydrogens (tertiary/aromatic N) is 2. The van der Waals surface area contributed by atoms with Gasteiger partial charge in [-0.15, -0.1) is 0 Å². The standard InChI is InChI=1S/C17H28N2/c1-14(2)13-18-9-11-19(12-10-18)17-8-6-5-7-16(17)15(3)4/h5-8,14-15H,9-13H2,1-4H3. The van der Waals surface area contributed by atoms with Crippen LogP contribution in [0.4, 0.5) is 5.69 Å². The average Bonchev–Trinajstić information content (AvgIpc) is 2.39. The van der Waals surface area contributed by atoms with Crippen molar-refractivity contribution >= 4 is 5.69 Å². The van der Waals surface area contributed by atoms with Crippen molar-refractivity contribution in [1.82, 2.24) is 4.90 Å². The summed E-state index contributed by atoms with van der Waals surface area (Å²) in [4.78, 5) is 5.16. The van der Waals surface area contributed by atoms with Gasteiger partial charge in [-0.25, -0.2) is 0 Å². The zero-order chi connectivity index (χ0) is 13.8. The van der Waals surface area contributed by atoms with Crippen LogP contribution in [0.25, 0.3) is 0 Å². The van der Waals surface area contributed by atoms with E-state index in [1.165, 1.54) is 30.9 Å². The van der Waals surface area contributed by atoms with E-state index < -0.39 is 0 Å². The van der Waals surface area contributed by atoms with E-state index in [-0.39, 0.29) is 0 Å². The molecule has 2 nitrogen and oxygen atoms in total. The molecule has 1 aliphatic rings. The van der Waals surface area contributed by atoms with Gasteiger partial charge >= 0.3 is 0 Å². The van der Waals surface area contributed by atoms with Crippen molar-refractivity contribution in [3.8, 4) is 0 Å². The van der Waals surface area contributed by atoms with Gasteiger partial charge in [0.1, 0.15) is 0 Å². The van der Waals surface area contributed by atoms with Gasteiger partial charge in [0.25, 0.3) is 0 Å². The van der Waals surface area contributed by atoms with Gasteiger partial charge in [-0.05, 0) is 23.5 Å². The molecule has 1 aromatic carbocycles. The third-order valence-electron chi connectivity index (χ3n) is 3.90. The number of piperazine rings is 1. The van der Waals surface area contributed by atoms with Crippen molar-refractivity contribution in [2.24, 2.45) is 5.92 Å². The molecule has 0 saturated carbocycles. The number of hydrogen-bond donors (Lipinski definition) is 0. The summed E-state index contributed by atoms with van der Waals surface area (Å²) in [5.74, 6) is 1.37. The van der Waals surface area contributed by atoms with Crippen molar-refractivity contribution in [3.05, 3.63) is 29.8 Å². The van der Waals surface area contributed by atoms with Crippen LogP contribution in [0.5, 0.6) is 0 Å². The fraction of sp³-hybridized carbons (Fsp3) is 0.647. The van der Waals surface area contributed by atoms with Gasteiger partial charge < -0.3 is 4.90 Å². The molecule has 1 fully saturated rings. The van der Waals surface area contributed by atoms with Crippen molar-refractivity contribution in [3.63, 3.8) is 0 Å². The van der Waals surface area contributed by atoms with Gasteiger partial charge in [0.2, 0.25) is 0 Å². The minimum Gasteiger partial charge on any atom is -0.369 e. The second-order valence-electron chi connectivity index (χ2n) is 6.40. The second-order valence-corrected chi connectivity index (χ2v) is 6.40. The summed E-state index contributed by atoms with van der Waals surface area (Å²) in [5.41, 5.74) is 2.93. The minimum atomic E-state index is 0.602. The van der Waals surface area contributed by atoms with E-state index in [1.54, 1.807) is 0 Å². The van der Waals surface area contributed by atoms with Gasteiger partial charge in [0.05, 0.1) is 0 Å². The van der Waals surface area contributed by atoms with Gasteiger partial charge in [-0.1, -0.05) is 45.9 Å². The maximum absolute atomic E-state index is 2.60. The third-order valence-corrected chi connectivity index (χ3v) is 3.90. The fourth-order valence-corrected chi connectivity index (χ4v) is 2.95. The van der Waals surface area contributed by atoms with Crippen LogP contribution >= 0.6 is 0 Å². The predicted molar refractivity (Wildman–Crippen MR) is 84.0 cm³/mol. The van der Waals surface area contributed by atoms with Crippen LogP contribution in [0.15, 0.2) is 24.3 Å². The van der Waals surface area contributed by atoms with Gasteiger partial charge in [-0.3, -0.25) is 4.90 Å². The molecule has 1 aromatic rings. The first-order valence-electron chi connectivity index (χ1n) is 7.64. The molecule has 0 aromatic heterocycles. The molecule has 0 spiro atoms. The third kappa shape index (κ3) is 3.73. The molecule has 19 heavy (non-hydrogen) atoms. The lowest BCUT2D eigenvalue weighted by Crippen LogP contribution is -2.47. The smallest absolute Gasteiger partial charge is 0.0402 e. The van der Waals surface area contributed by atoms with Crippen LogP contribution in [0.2, 0.25) is 0 Å². The van der Waals surface area contributed by atoms with Gasteiger partial charge in [-0.2, -0.15) is 0 Å². The lowest BCUT2D eigenvalue weighted by molar-refractivity contribution is 0.231. The Bertz CT molecular complexity index is 390. The van der Waals surface area contributed by atoms with Crippen LogP contribution < -0.4 is 4.90 Å². The molecule has 0 bridgehead atoms. The summed E-state index contributed by atoms with van der Waals surface area (Å²) in [6, 6.07) is 8.89. The highest BCUT2D eigenvalue weighted by Crippen LogP contribution is 2.28. The van der Waals surface area contributed by atoms with E-state index in [9.17, 15) is 0 Å². The van der Waals surface area contributed by atoms with Crippen LogP contribution in [0, 0.1) is 5.92 Å². The molecular formula is C17H28N2. The van der Waals surface area contributed by atoms with E-state index in [1.807, 2.05) is 0 Å². The molecular weight excluding hydrogens is 232 g/mol. The Kier molecular flexibility index (Phi) is 4.87. The lowest BCUT2D eigenvalue weighted by atomic mass is 10.00. The Balaban J connectivity index is 2.02. The molecule has 106 valence electrons. The number of rotatable bonds is 4. The number of para-hydroxylation sites is 1. The normalized spacial score (nSPS) is 17.5. The highest BCUT2D eigenvalue weighted by atomic mass is 15.3. The van der Waals surface area contributed by atoms with E-state index in [2.05, 4.69) is 61.8 Å². The van der Waals surface area contributed by atoms with Gasteiger partial charge in [0, 0.05) is 38.4 Å². The van der Waals surface area contributed by atoms with E-state index in [0.29, 0.717) is 5.92 Å². The highest BCUT2D eigenvalue weighted by molar-refractivity contribution is 5.55. The molecule has 1 heterocycles. The summed E-state index contributed by atoms with van der Waals surface area (Å²) in [6.07, 6.45) is 0. The Morgan fingerprint density at radius 3 is 2.16 bits per heavy atom. The van der Waals surface area contributed by atoms with E-state index in [4.69, 9.17) is 0 Å². The van der Waals surface area contributed by atoms with Crippen LogP contribution in [-0.4, -0.2) is 37.6 Å². The lowest BCUT2D eigenvalue weighted by Gasteiger charge is -2.38. The molecule has 2 rings (SSSR count). The zero-order valence-electron chi connectivity index (χ0n) is 12.9. The molecule has 1 aliphatic heterocycles. The first kappa shape index (κ1) is 14.4. The average molecular weight is 260 g/mol. The highest BCUT2D eigenvalue weighted by Gasteiger charge is 2.19. The van der Waals surface area contributed by atoms with Crippen LogP contribution in [0.1, 0.15) is 39.2 Å². The summed E-state index contributed by atoms with van der Waals surface area (Å²) in [5, 5.41) is 0. The maximum atomic E-state index is 2.60. The molecule has 0 aliphatic carbocycles. The Hall–Kier alpha value is -1.02. The zero-order valence-corrected chi connectivity index (χ0v) is 12.9. The summed E-state index contributed by atoms with van der Waals surface area (Å²) < 4.78 is 0. The monoisotopic (exact) mass is 260 g/mol. The van der Waals surface area contributed by atoms with E-state index >= 15 is 0 Å². The van der Waals surface area contributed by atoms with E-state index in [0.717, 1.165) is 19.0 Å². The largest absolute Gasteiger partial charge is 0.369 e. The van der Waals surface area contributed by atoms with Crippen LogP contribution in [0.3, 0.4) is 0 Å². The minimum absolute atomic E-state index is 0.602. The quantitative estimate of drug-likeness (QED) is 0.816. The first-order chi connectivity index (χ1) is 9.08. The summed E-state index contributed by atoms with van der Waals surface area (Å²) >= 11 is 0. The Labute approximate surface area is 118 Å². The van der Waals surface area contributed by atoms with Crippen LogP contribution in [-0.2, 0) is 0 Å². The molecule has 0 N–H and O–H groups in total. The fourth-order valence-electron chi connectivity index (χ4n) is 2.95. The van der Waals surface area contributed by atoms with Gasteiger partial charge in [0.15, 0.2) is 0 Å². The van der Waals surface area contributed by atoms with Crippen molar-refractivity contribution in [1.29, 1.82) is 0 Å². The number of hydrogen-bond acceptors (Lipinski definition) is 2. The molecule has 2 heteroatoms. The SMILES string of the molecule is CC(C)CN1CCN(c2ccccc2C(C)C)CC1. The maximum Gasteiger partial charge on any atom is 0.0402 e. The topological polar surface area (TPSA) is 6.48 Å². The Morgan fingerprint density at radius 1 is 0.947 bits per heavy atom. The molecule has 0 amide bonds. The van der Waals surface area contributed by atoms with Crippen molar-refractivity contribution in [2.75, 3.05) is 37.6 Å². The van der Waals surface area contributed by atoms with Crippen molar-refractivity contribution in [2.45, 2.75) is 33.6 Å². The summed E-state index contributed by atoms with van der Waals surface area (Å²) in [6.45, 7) is 15.1. The second kappa shape index (κ2) is 6.42. The molecule has 0 unspecified atom stereocenters. The molecule has 1 saturated heterocycles. The number of anilines is 1. The summed E-state index contributed by atoms with van der Waals surface area (Å²) in [7, 11) is 0. The van der Waals surface area contributed by atoms with Crippen molar-refractivity contribution < 1.29 is 0 Å². The number of benzene rings is 1. The first-order valence-corrected chi connectivity index (χ1v) is 7.64. The molecule has 0 atom stereocenters. The predicted octanol–water partition coefficient (Wildman–Crippen LogP) is 3.59. The molecule has 0 radical (unpaired) electrons.